The number of nitrogens with zero attached hydrogens (tertiary/aromatic N) is 3. The summed E-state index contributed by atoms with van der Waals surface area (Å²) in [6, 6.07) is 3.62. The van der Waals surface area contributed by atoms with Gasteiger partial charge in [-0.2, -0.15) is 5.10 Å². The summed E-state index contributed by atoms with van der Waals surface area (Å²) >= 11 is 0. The van der Waals surface area contributed by atoms with Crippen LogP contribution in [0.15, 0.2) is 53.8 Å². The Kier molecular flexibility index (Phi) is 5.36. The molecule has 1 fully saturated rings. The summed E-state index contributed by atoms with van der Waals surface area (Å²) in [6.45, 7) is 7.65. The lowest BCUT2D eigenvalue weighted by atomic mass is 9.69. The lowest BCUT2D eigenvalue weighted by molar-refractivity contribution is -0.137. The van der Waals surface area contributed by atoms with Gasteiger partial charge in [0, 0.05) is 36.2 Å². The quantitative estimate of drug-likeness (QED) is 0.696. The van der Waals surface area contributed by atoms with Gasteiger partial charge >= 0.3 is 0 Å². The van der Waals surface area contributed by atoms with Gasteiger partial charge in [0.25, 0.3) is 0 Å². The van der Waals surface area contributed by atoms with Crippen molar-refractivity contribution in [2.75, 3.05) is 13.1 Å². The van der Waals surface area contributed by atoms with E-state index in [-0.39, 0.29) is 11.8 Å². The molecule has 0 spiro atoms. The van der Waals surface area contributed by atoms with Crippen LogP contribution in [0.4, 0.5) is 8.78 Å². The van der Waals surface area contributed by atoms with Crippen LogP contribution < -0.4 is 0 Å². The van der Waals surface area contributed by atoms with E-state index in [1.165, 1.54) is 19.9 Å². The van der Waals surface area contributed by atoms with E-state index in [9.17, 15) is 13.9 Å². The van der Waals surface area contributed by atoms with Gasteiger partial charge in [0.05, 0.1) is 17.0 Å². The molecule has 3 unspecified atom stereocenters. The van der Waals surface area contributed by atoms with Crippen molar-refractivity contribution in [3.8, 4) is 0 Å². The normalized spacial score (nSPS) is 24.4. The summed E-state index contributed by atoms with van der Waals surface area (Å²) < 4.78 is 29.7. The van der Waals surface area contributed by atoms with Crippen LogP contribution in [0.25, 0.3) is 16.6 Å². The van der Waals surface area contributed by atoms with Gasteiger partial charge in [0.15, 0.2) is 5.65 Å². The zero-order valence-corrected chi connectivity index (χ0v) is 18.3. The molecule has 2 aromatic heterocycles. The van der Waals surface area contributed by atoms with E-state index in [1.54, 1.807) is 31.3 Å². The Hall–Kier alpha value is -2.76. The first-order valence-corrected chi connectivity index (χ1v) is 10.6. The number of rotatable bonds is 4. The second kappa shape index (κ2) is 7.74. The van der Waals surface area contributed by atoms with E-state index in [2.05, 4.69) is 20.9 Å². The molecule has 2 aliphatic rings. The van der Waals surface area contributed by atoms with Gasteiger partial charge in [-0.15, -0.1) is 0 Å². The summed E-state index contributed by atoms with van der Waals surface area (Å²) in [5.41, 5.74) is 2.09. The number of nitrogens with one attached hydrogen (secondary N) is 1. The smallest absolute Gasteiger partial charge is 0.181 e. The molecule has 2 aromatic rings. The van der Waals surface area contributed by atoms with E-state index in [0.29, 0.717) is 29.2 Å². The number of likely N-dealkylation sites (tertiary alicyclic amines) is 1. The Labute approximate surface area is 180 Å². The summed E-state index contributed by atoms with van der Waals surface area (Å²) in [4.78, 5) is 6.23. The second-order valence-corrected chi connectivity index (χ2v) is 9.18. The minimum Gasteiger partial charge on any atom is -0.386 e. The highest BCUT2D eigenvalue weighted by atomic mass is 19.1. The molecule has 164 valence electrons. The first kappa shape index (κ1) is 21.5. The molecule has 7 heteroatoms. The highest BCUT2D eigenvalue weighted by Crippen LogP contribution is 2.41. The molecule has 0 aromatic carbocycles. The van der Waals surface area contributed by atoms with Crippen molar-refractivity contribution in [1.82, 2.24) is 20.1 Å². The number of halogens is 2. The van der Waals surface area contributed by atoms with Gasteiger partial charge in [-0.3, -0.25) is 5.10 Å². The van der Waals surface area contributed by atoms with Crippen LogP contribution in [0.5, 0.6) is 0 Å². The third kappa shape index (κ3) is 3.84. The van der Waals surface area contributed by atoms with E-state index >= 15 is 0 Å². The van der Waals surface area contributed by atoms with Gasteiger partial charge in [0.1, 0.15) is 11.5 Å². The van der Waals surface area contributed by atoms with Crippen molar-refractivity contribution in [2.45, 2.75) is 45.4 Å². The summed E-state index contributed by atoms with van der Waals surface area (Å²) in [7, 11) is 0. The molecular weight excluding hydrogens is 398 g/mol. The third-order valence-electron chi connectivity index (χ3n) is 6.83. The van der Waals surface area contributed by atoms with Crippen molar-refractivity contribution in [1.29, 1.82) is 0 Å². The Morgan fingerprint density at radius 3 is 2.81 bits per heavy atom. The van der Waals surface area contributed by atoms with Gasteiger partial charge in [0.2, 0.25) is 0 Å². The maximum Gasteiger partial charge on any atom is 0.181 e. The third-order valence-corrected chi connectivity index (χ3v) is 6.83. The Balaban J connectivity index is 1.66. The Bertz CT molecular complexity index is 1120. The fraction of sp³-hybridized carbons (Fsp3) is 0.458. The molecule has 1 saturated heterocycles. The molecule has 1 aliphatic heterocycles. The minimum atomic E-state index is -1.74. The van der Waals surface area contributed by atoms with Gasteiger partial charge < -0.3 is 10.0 Å². The molecule has 3 atom stereocenters. The molecule has 5 nitrogen and oxygen atoms in total. The van der Waals surface area contributed by atoms with E-state index < -0.39 is 17.1 Å². The fourth-order valence-electron chi connectivity index (χ4n) is 4.41. The lowest BCUT2D eigenvalue weighted by Gasteiger charge is -2.48. The average Bonchev–Trinajstić information content (AvgIpc) is 3.04. The van der Waals surface area contributed by atoms with Crippen molar-refractivity contribution in [3.63, 3.8) is 0 Å². The van der Waals surface area contributed by atoms with Crippen molar-refractivity contribution < 1.29 is 13.9 Å². The van der Waals surface area contributed by atoms with Gasteiger partial charge in [-0.25, -0.2) is 13.8 Å². The molecule has 0 bridgehead atoms. The number of aromatic nitrogens is 3. The number of piperidine rings is 1. The molecule has 0 amide bonds. The first-order valence-electron chi connectivity index (χ1n) is 10.6. The van der Waals surface area contributed by atoms with Crippen LogP contribution in [0, 0.1) is 11.8 Å². The van der Waals surface area contributed by atoms with Crippen molar-refractivity contribution in [2.24, 2.45) is 11.8 Å². The van der Waals surface area contributed by atoms with Crippen molar-refractivity contribution >= 4 is 16.6 Å². The van der Waals surface area contributed by atoms with Gasteiger partial charge in [-0.05, 0) is 63.5 Å². The molecule has 31 heavy (non-hydrogen) atoms. The number of hydrogen-bond donors (Lipinski definition) is 2. The molecular formula is C24H28F2N4O. The number of alkyl halides is 1. The predicted octanol–water partition coefficient (Wildman–Crippen LogP) is 4.70. The maximum absolute atomic E-state index is 15.0. The fourth-order valence-corrected chi connectivity index (χ4v) is 4.41. The molecule has 0 radical (unpaired) electrons. The first-order chi connectivity index (χ1) is 14.6. The standard InChI is InChI=1S/C24H28F2N4O/c1-15-11-13-30(14-19(15)24(4,31)23(2,3)26)16-7-9-17(20(25)10-8-16)21-18-6-5-12-27-22(18)29-28-21/h5-6,8-10,12,15,19,31H,11,13-14H2,1-4H3,(H,27,28,29). The van der Waals surface area contributed by atoms with E-state index in [1.807, 2.05) is 17.9 Å². The van der Waals surface area contributed by atoms with E-state index in [4.69, 9.17) is 0 Å². The number of allylic oxidation sites excluding steroid dienone is 4. The molecule has 4 rings (SSSR count). The maximum atomic E-state index is 15.0. The molecule has 0 saturated carbocycles. The number of hydrogen-bond acceptors (Lipinski definition) is 4. The predicted molar refractivity (Wildman–Crippen MR) is 117 cm³/mol. The highest BCUT2D eigenvalue weighted by molar-refractivity contribution is 5.92. The minimum absolute atomic E-state index is 0.162. The number of aromatic amines is 1. The second-order valence-electron chi connectivity index (χ2n) is 9.18. The number of aliphatic hydroxyl groups is 1. The summed E-state index contributed by atoms with van der Waals surface area (Å²) in [6.07, 6.45) is 7.14. The van der Waals surface area contributed by atoms with Crippen LogP contribution in [0.1, 0.15) is 39.8 Å². The number of pyridine rings is 1. The summed E-state index contributed by atoms with van der Waals surface area (Å²) in [5, 5.41) is 18.7. The Morgan fingerprint density at radius 2 is 2.06 bits per heavy atom. The SMILES string of the molecule is CC1CCN(C2=C=CC(c3[nH]nc4ncccc34)=C(F)C=C2)CC1C(C)(O)C(C)(C)F. The summed E-state index contributed by atoms with van der Waals surface area (Å²) in [5.74, 6) is -0.516. The molecule has 2 N–H and O–H groups in total. The van der Waals surface area contributed by atoms with Crippen LogP contribution in [0.2, 0.25) is 0 Å². The average molecular weight is 427 g/mol. The van der Waals surface area contributed by atoms with Crippen LogP contribution in [0.3, 0.4) is 0 Å². The topological polar surface area (TPSA) is 65.0 Å². The highest BCUT2D eigenvalue weighted by Gasteiger charge is 2.49. The molecule has 3 heterocycles. The zero-order chi connectivity index (χ0) is 22.4. The monoisotopic (exact) mass is 426 g/mol. The number of H-pyrrole nitrogens is 1. The molecule has 1 aliphatic carbocycles. The van der Waals surface area contributed by atoms with E-state index in [0.717, 1.165) is 18.4 Å². The zero-order valence-electron chi connectivity index (χ0n) is 18.3. The lowest BCUT2D eigenvalue weighted by Crippen LogP contribution is -2.57. The van der Waals surface area contributed by atoms with Gasteiger partial charge in [-0.1, -0.05) is 12.7 Å². The van der Waals surface area contributed by atoms with Crippen LogP contribution in [-0.4, -0.2) is 49.5 Å². The largest absolute Gasteiger partial charge is 0.386 e. The van der Waals surface area contributed by atoms with Crippen LogP contribution >= 0.6 is 0 Å². The number of fused-ring (bicyclic) bond motifs is 1. The Morgan fingerprint density at radius 1 is 1.29 bits per heavy atom. The van der Waals surface area contributed by atoms with Crippen LogP contribution in [-0.2, 0) is 0 Å². The van der Waals surface area contributed by atoms with Crippen molar-refractivity contribution in [3.05, 3.63) is 59.5 Å².